The van der Waals surface area contributed by atoms with Crippen LogP contribution < -0.4 is 4.74 Å². The zero-order chi connectivity index (χ0) is 23.3. The normalized spacial score (nSPS) is 17.8. The number of nitrogens with zero attached hydrogens (tertiary/aromatic N) is 1. The van der Waals surface area contributed by atoms with Crippen molar-refractivity contribution in [3.63, 3.8) is 0 Å². The fraction of sp³-hybridized carbons (Fsp3) is 0.360. The van der Waals surface area contributed by atoms with Crippen molar-refractivity contribution >= 4 is 29.1 Å². The number of Topliss-reactive ketones (excluding diaryl/α,β-unsaturated/α-hetero) is 1. The maximum atomic E-state index is 13.0. The van der Waals surface area contributed by atoms with Crippen molar-refractivity contribution in [2.75, 3.05) is 26.9 Å². The lowest BCUT2D eigenvalue weighted by atomic mass is 9.95. The van der Waals surface area contributed by atoms with Gasteiger partial charge in [-0.25, -0.2) is 0 Å². The summed E-state index contributed by atoms with van der Waals surface area (Å²) in [6.07, 6.45) is 1.99. The molecule has 170 valence electrons. The van der Waals surface area contributed by atoms with Crippen LogP contribution in [-0.4, -0.2) is 48.6 Å². The Bertz CT molecular complexity index is 1020. The highest BCUT2D eigenvalue weighted by Crippen LogP contribution is 2.40. The van der Waals surface area contributed by atoms with Crippen molar-refractivity contribution in [3.05, 3.63) is 69.8 Å². The maximum absolute atomic E-state index is 13.0. The summed E-state index contributed by atoms with van der Waals surface area (Å²) >= 11 is 6.03. The van der Waals surface area contributed by atoms with Crippen LogP contribution in [0, 0.1) is 6.92 Å². The Morgan fingerprint density at radius 1 is 1.12 bits per heavy atom. The van der Waals surface area contributed by atoms with Crippen LogP contribution >= 0.6 is 11.6 Å². The lowest BCUT2D eigenvalue weighted by Crippen LogP contribution is -2.32. The number of unbranched alkanes of at least 4 members (excludes halogenated alkanes) is 1. The number of rotatable bonds is 9. The molecular formula is C25H28ClNO5. The number of ketones is 1. The molecule has 1 amide bonds. The number of methoxy groups -OCH3 is 1. The molecule has 1 saturated heterocycles. The van der Waals surface area contributed by atoms with Crippen LogP contribution in [0.15, 0.2) is 48.0 Å². The van der Waals surface area contributed by atoms with E-state index in [0.29, 0.717) is 22.8 Å². The minimum absolute atomic E-state index is 0.0486. The molecular weight excluding hydrogens is 430 g/mol. The monoisotopic (exact) mass is 457 g/mol. The number of amides is 1. The van der Waals surface area contributed by atoms with E-state index in [2.05, 4.69) is 6.92 Å². The van der Waals surface area contributed by atoms with Gasteiger partial charge in [0.25, 0.3) is 11.7 Å². The number of carbonyl (C=O) groups excluding carboxylic acids is 2. The first-order valence-electron chi connectivity index (χ1n) is 10.7. The molecule has 1 N–H and O–H groups in total. The van der Waals surface area contributed by atoms with Gasteiger partial charge in [0.2, 0.25) is 0 Å². The molecule has 0 aromatic heterocycles. The number of aliphatic hydroxyl groups is 1. The SMILES string of the molecule is CCCCOc1ccc(C(O)=C2C(=O)C(=O)N(CCOC)[C@H]2c2ccc(Cl)cc2)cc1C. The summed E-state index contributed by atoms with van der Waals surface area (Å²) in [5.41, 5.74) is 2.02. The van der Waals surface area contributed by atoms with Crippen LogP contribution in [0.3, 0.4) is 0 Å². The minimum atomic E-state index is -0.733. The molecule has 0 saturated carbocycles. The Morgan fingerprint density at radius 3 is 2.47 bits per heavy atom. The van der Waals surface area contributed by atoms with Crippen molar-refractivity contribution in [1.82, 2.24) is 4.90 Å². The van der Waals surface area contributed by atoms with Gasteiger partial charge in [-0.2, -0.15) is 0 Å². The third-order valence-electron chi connectivity index (χ3n) is 5.47. The first-order valence-corrected chi connectivity index (χ1v) is 11.0. The number of likely N-dealkylation sites (tertiary alicyclic amines) is 1. The first-order chi connectivity index (χ1) is 15.4. The van der Waals surface area contributed by atoms with Gasteiger partial charge in [-0.3, -0.25) is 9.59 Å². The standard InChI is InChI=1S/C25H28ClNO5/c1-4-5-13-32-20-11-8-18(15-16(20)2)23(28)21-22(17-6-9-19(26)10-7-17)27(12-14-31-3)25(30)24(21)29/h6-11,15,22,28H,4-5,12-14H2,1-3H3/t22-/m0/s1. The fourth-order valence-electron chi connectivity index (χ4n) is 3.73. The third-order valence-corrected chi connectivity index (χ3v) is 5.72. The Labute approximate surface area is 193 Å². The minimum Gasteiger partial charge on any atom is -0.507 e. The molecule has 1 aliphatic heterocycles. The number of hydrogen-bond donors (Lipinski definition) is 1. The number of ether oxygens (including phenoxy) is 2. The second kappa shape index (κ2) is 10.7. The van der Waals surface area contributed by atoms with Gasteiger partial charge in [0.15, 0.2) is 0 Å². The lowest BCUT2D eigenvalue weighted by Gasteiger charge is -2.25. The highest BCUT2D eigenvalue weighted by atomic mass is 35.5. The van der Waals surface area contributed by atoms with E-state index in [1.807, 2.05) is 6.92 Å². The molecule has 1 fully saturated rings. The van der Waals surface area contributed by atoms with Gasteiger partial charge >= 0.3 is 0 Å². The molecule has 1 atom stereocenters. The number of halogens is 1. The average Bonchev–Trinajstić information content (AvgIpc) is 3.03. The van der Waals surface area contributed by atoms with Crippen molar-refractivity contribution in [1.29, 1.82) is 0 Å². The van der Waals surface area contributed by atoms with Gasteiger partial charge < -0.3 is 19.5 Å². The van der Waals surface area contributed by atoms with Gasteiger partial charge in [0.1, 0.15) is 11.5 Å². The van der Waals surface area contributed by atoms with Crippen molar-refractivity contribution in [3.8, 4) is 5.75 Å². The van der Waals surface area contributed by atoms with E-state index in [9.17, 15) is 14.7 Å². The topological polar surface area (TPSA) is 76.1 Å². The number of aliphatic hydroxyl groups excluding tert-OH is 1. The largest absolute Gasteiger partial charge is 0.507 e. The number of hydrogen-bond acceptors (Lipinski definition) is 5. The van der Waals surface area contributed by atoms with Crippen LogP contribution in [0.25, 0.3) is 5.76 Å². The van der Waals surface area contributed by atoms with E-state index in [1.165, 1.54) is 12.0 Å². The molecule has 32 heavy (non-hydrogen) atoms. The van der Waals surface area contributed by atoms with Gasteiger partial charge in [-0.05, 0) is 54.8 Å². The molecule has 1 heterocycles. The molecule has 3 rings (SSSR count). The van der Waals surface area contributed by atoms with Crippen molar-refractivity contribution in [2.45, 2.75) is 32.7 Å². The molecule has 0 radical (unpaired) electrons. The van der Waals surface area contributed by atoms with E-state index in [1.54, 1.807) is 42.5 Å². The highest BCUT2D eigenvalue weighted by molar-refractivity contribution is 6.46. The Balaban J connectivity index is 2.04. The van der Waals surface area contributed by atoms with Crippen molar-refractivity contribution in [2.24, 2.45) is 0 Å². The van der Waals surface area contributed by atoms with Gasteiger partial charge in [-0.15, -0.1) is 0 Å². The van der Waals surface area contributed by atoms with Crippen LogP contribution in [0.4, 0.5) is 0 Å². The maximum Gasteiger partial charge on any atom is 0.295 e. The predicted molar refractivity (Wildman–Crippen MR) is 124 cm³/mol. The lowest BCUT2D eigenvalue weighted by molar-refractivity contribution is -0.140. The summed E-state index contributed by atoms with van der Waals surface area (Å²) in [7, 11) is 1.53. The number of carbonyl (C=O) groups is 2. The van der Waals surface area contributed by atoms with E-state index < -0.39 is 17.7 Å². The first kappa shape index (κ1) is 23.8. The average molecular weight is 458 g/mol. The van der Waals surface area contributed by atoms with Gasteiger partial charge in [0.05, 0.1) is 24.8 Å². The summed E-state index contributed by atoms with van der Waals surface area (Å²) in [6.45, 7) is 5.07. The summed E-state index contributed by atoms with van der Waals surface area (Å²) in [4.78, 5) is 27.2. The summed E-state index contributed by atoms with van der Waals surface area (Å²) < 4.78 is 10.9. The quantitative estimate of drug-likeness (QED) is 0.251. The number of aryl methyl sites for hydroxylation is 1. The fourth-order valence-corrected chi connectivity index (χ4v) is 3.86. The molecule has 1 aliphatic rings. The highest BCUT2D eigenvalue weighted by Gasteiger charge is 2.45. The second-order valence-electron chi connectivity index (χ2n) is 7.72. The van der Waals surface area contributed by atoms with Crippen LogP contribution in [0.5, 0.6) is 5.75 Å². The van der Waals surface area contributed by atoms with Crippen LogP contribution in [0.2, 0.25) is 5.02 Å². The van der Waals surface area contributed by atoms with E-state index in [4.69, 9.17) is 21.1 Å². The molecule has 6 nitrogen and oxygen atoms in total. The molecule has 7 heteroatoms. The summed E-state index contributed by atoms with van der Waals surface area (Å²) in [6, 6.07) is 11.4. The number of benzene rings is 2. The van der Waals surface area contributed by atoms with Crippen LogP contribution in [-0.2, 0) is 14.3 Å². The third kappa shape index (κ3) is 4.97. The molecule has 0 bridgehead atoms. The van der Waals surface area contributed by atoms with Crippen LogP contribution in [0.1, 0.15) is 42.5 Å². The summed E-state index contributed by atoms with van der Waals surface area (Å²) in [5.74, 6) is -0.879. The second-order valence-corrected chi connectivity index (χ2v) is 8.16. The smallest absolute Gasteiger partial charge is 0.295 e. The Hall–Kier alpha value is -2.83. The zero-order valence-corrected chi connectivity index (χ0v) is 19.3. The van der Waals surface area contributed by atoms with E-state index in [-0.39, 0.29) is 24.5 Å². The molecule has 0 unspecified atom stereocenters. The summed E-state index contributed by atoms with van der Waals surface area (Å²) in [5, 5.41) is 11.7. The predicted octanol–water partition coefficient (Wildman–Crippen LogP) is 4.90. The zero-order valence-electron chi connectivity index (χ0n) is 18.6. The van der Waals surface area contributed by atoms with E-state index in [0.717, 1.165) is 24.2 Å². The Kier molecular flexibility index (Phi) is 7.94. The van der Waals surface area contributed by atoms with Gasteiger partial charge in [0, 0.05) is 24.2 Å². The molecule has 0 aliphatic carbocycles. The van der Waals surface area contributed by atoms with Gasteiger partial charge in [-0.1, -0.05) is 37.1 Å². The molecule has 0 spiro atoms. The van der Waals surface area contributed by atoms with E-state index >= 15 is 0 Å². The van der Waals surface area contributed by atoms with Crippen molar-refractivity contribution < 1.29 is 24.2 Å². The Morgan fingerprint density at radius 2 is 1.84 bits per heavy atom. The molecule has 2 aromatic rings. The molecule has 2 aromatic carbocycles.